The maximum Gasteiger partial charge on any atom is 0.311 e. The van der Waals surface area contributed by atoms with Crippen LogP contribution >= 0.6 is 0 Å². The molecule has 0 aliphatic rings. The molecule has 0 saturated heterocycles. The summed E-state index contributed by atoms with van der Waals surface area (Å²) in [7, 11) is 2.75. The van der Waals surface area contributed by atoms with Crippen molar-refractivity contribution in [1.29, 1.82) is 0 Å². The quantitative estimate of drug-likeness (QED) is 0.610. The lowest BCUT2D eigenvalue weighted by molar-refractivity contribution is -0.385. The molecular formula is C18H19NO6. The zero-order valence-electron chi connectivity index (χ0n) is 14.2. The number of carboxylic acids is 1. The first-order valence-corrected chi connectivity index (χ1v) is 7.56. The normalized spacial score (nSPS) is 11.6. The molecular weight excluding hydrogens is 326 g/mol. The lowest BCUT2D eigenvalue weighted by Gasteiger charge is -2.16. The highest BCUT2D eigenvalue weighted by Gasteiger charge is 2.25. The summed E-state index contributed by atoms with van der Waals surface area (Å²) < 4.78 is 10.3. The largest absolute Gasteiger partial charge is 0.496 e. The Hall–Kier alpha value is -3.09. The summed E-state index contributed by atoms with van der Waals surface area (Å²) in [5.41, 5.74) is 1.85. The topological polar surface area (TPSA) is 98.9 Å². The van der Waals surface area contributed by atoms with Crippen LogP contribution in [0, 0.1) is 17.0 Å². The molecule has 0 amide bonds. The predicted octanol–water partition coefficient (Wildman–Crippen LogP) is 3.33. The smallest absolute Gasteiger partial charge is 0.311 e. The summed E-state index contributed by atoms with van der Waals surface area (Å²) in [6.07, 6.45) is 0.0619. The van der Waals surface area contributed by atoms with Crippen molar-refractivity contribution >= 4 is 11.7 Å². The van der Waals surface area contributed by atoms with Gasteiger partial charge >= 0.3 is 11.7 Å². The summed E-state index contributed by atoms with van der Waals surface area (Å²) in [6, 6.07) is 9.87. The molecule has 0 aliphatic heterocycles. The number of nitrogens with zero attached hydrogens (tertiary/aromatic N) is 1. The Kier molecular flexibility index (Phi) is 5.59. The fraction of sp³-hybridized carbons (Fsp3) is 0.278. The molecule has 7 heteroatoms. The second-order valence-corrected chi connectivity index (χ2v) is 5.60. The van der Waals surface area contributed by atoms with Crippen LogP contribution < -0.4 is 9.47 Å². The van der Waals surface area contributed by atoms with Gasteiger partial charge in [0.15, 0.2) is 0 Å². The molecule has 0 heterocycles. The maximum atomic E-state index is 11.7. The summed E-state index contributed by atoms with van der Waals surface area (Å²) in [6.45, 7) is 1.91. The van der Waals surface area contributed by atoms with Crippen LogP contribution in [0.5, 0.6) is 11.5 Å². The van der Waals surface area contributed by atoms with Gasteiger partial charge in [-0.3, -0.25) is 14.9 Å². The van der Waals surface area contributed by atoms with Crippen LogP contribution in [-0.2, 0) is 11.2 Å². The van der Waals surface area contributed by atoms with Crippen molar-refractivity contribution in [1.82, 2.24) is 0 Å². The minimum absolute atomic E-state index is 0.0619. The summed E-state index contributed by atoms with van der Waals surface area (Å²) in [5, 5.41) is 20.8. The van der Waals surface area contributed by atoms with Gasteiger partial charge in [-0.15, -0.1) is 0 Å². The van der Waals surface area contributed by atoms with Crippen LogP contribution in [-0.4, -0.2) is 30.2 Å². The van der Waals surface area contributed by atoms with Gasteiger partial charge < -0.3 is 14.6 Å². The molecule has 1 atom stereocenters. The maximum absolute atomic E-state index is 11.7. The van der Waals surface area contributed by atoms with Gasteiger partial charge in [0.05, 0.1) is 25.1 Å². The Bertz CT molecular complexity index is 785. The van der Waals surface area contributed by atoms with Crippen molar-refractivity contribution in [2.45, 2.75) is 19.3 Å². The highest BCUT2D eigenvalue weighted by molar-refractivity contribution is 5.77. The fourth-order valence-electron chi connectivity index (χ4n) is 2.62. The number of nitro benzene ring substituents is 1. The van der Waals surface area contributed by atoms with E-state index in [9.17, 15) is 20.0 Å². The Morgan fingerprint density at radius 1 is 1.16 bits per heavy atom. The van der Waals surface area contributed by atoms with Crippen molar-refractivity contribution in [2.24, 2.45) is 0 Å². The number of carbonyl (C=O) groups is 1. The van der Waals surface area contributed by atoms with E-state index in [0.717, 1.165) is 5.56 Å². The highest BCUT2D eigenvalue weighted by atomic mass is 16.6. The van der Waals surface area contributed by atoms with Gasteiger partial charge in [0.1, 0.15) is 5.75 Å². The number of hydrogen-bond donors (Lipinski definition) is 1. The SMILES string of the molecule is COc1cc(OC)c([N+](=O)[O-])cc1CC(C(=O)O)c1ccc(C)cc1. The second-order valence-electron chi connectivity index (χ2n) is 5.60. The number of methoxy groups -OCH3 is 2. The molecule has 2 aromatic carbocycles. The first-order valence-electron chi connectivity index (χ1n) is 7.56. The number of rotatable bonds is 7. The van der Waals surface area contributed by atoms with Gasteiger partial charge in [-0.05, 0) is 18.9 Å². The Balaban J connectivity index is 2.48. The molecule has 0 bridgehead atoms. The van der Waals surface area contributed by atoms with Gasteiger partial charge in [-0.2, -0.15) is 0 Å². The van der Waals surface area contributed by atoms with Crippen LogP contribution in [0.4, 0.5) is 5.69 Å². The molecule has 0 aromatic heterocycles. The first kappa shape index (κ1) is 18.3. The minimum Gasteiger partial charge on any atom is -0.496 e. The van der Waals surface area contributed by atoms with E-state index in [2.05, 4.69) is 0 Å². The Morgan fingerprint density at radius 2 is 1.76 bits per heavy atom. The molecule has 0 spiro atoms. The minimum atomic E-state index is -1.01. The number of ether oxygens (including phenoxy) is 2. The van der Waals surface area contributed by atoms with Crippen LogP contribution in [0.2, 0.25) is 0 Å². The molecule has 1 N–H and O–H groups in total. The number of aliphatic carboxylic acids is 1. The molecule has 7 nitrogen and oxygen atoms in total. The summed E-state index contributed by atoms with van der Waals surface area (Å²) >= 11 is 0. The molecule has 0 saturated carbocycles. The molecule has 0 radical (unpaired) electrons. The van der Waals surface area contributed by atoms with Gasteiger partial charge in [0.2, 0.25) is 5.75 Å². The van der Waals surface area contributed by atoms with E-state index in [1.807, 2.05) is 19.1 Å². The van der Waals surface area contributed by atoms with Gasteiger partial charge in [0.25, 0.3) is 0 Å². The number of benzene rings is 2. The molecule has 25 heavy (non-hydrogen) atoms. The van der Waals surface area contributed by atoms with Crippen molar-refractivity contribution < 1.29 is 24.3 Å². The number of aryl methyl sites for hydroxylation is 1. The number of nitro groups is 1. The summed E-state index contributed by atoms with van der Waals surface area (Å²) in [4.78, 5) is 22.4. The van der Waals surface area contributed by atoms with Crippen molar-refractivity contribution in [2.75, 3.05) is 14.2 Å². The third-order valence-electron chi connectivity index (χ3n) is 3.98. The van der Waals surface area contributed by atoms with E-state index in [1.54, 1.807) is 12.1 Å². The van der Waals surface area contributed by atoms with E-state index < -0.39 is 16.8 Å². The van der Waals surface area contributed by atoms with Crippen molar-refractivity contribution in [3.05, 3.63) is 63.2 Å². The average molecular weight is 345 g/mol. The van der Waals surface area contributed by atoms with Crippen LogP contribution in [0.25, 0.3) is 0 Å². The molecule has 1 unspecified atom stereocenters. The van der Waals surface area contributed by atoms with Crippen LogP contribution in [0.3, 0.4) is 0 Å². The van der Waals surface area contributed by atoms with Gasteiger partial charge in [0, 0.05) is 17.7 Å². The number of hydrogen-bond acceptors (Lipinski definition) is 5. The zero-order chi connectivity index (χ0) is 18.6. The average Bonchev–Trinajstić information content (AvgIpc) is 2.59. The third-order valence-corrected chi connectivity index (χ3v) is 3.98. The first-order chi connectivity index (χ1) is 11.9. The van der Waals surface area contributed by atoms with E-state index in [4.69, 9.17) is 9.47 Å². The molecule has 0 fully saturated rings. The predicted molar refractivity (Wildman–Crippen MR) is 91.5 cm³/mol. The van der Waals surface area contributed by atoms with E-state index in [1.165, 1.54) is 26.4 Å². The molecule has 2 aromatic rings. The Morgan fingerprint density at radius 3 is 2.24 bits per heavy atom. The van der Waals surface area contributed by atoms with E-state index in [0.29, 0.717) is 16.9 Å². The zero-order valence-corrected chi connectivity index (χ0v) is 14.2. The number of carboxylic acid groups (broad SMARTS) is 1. The molecule has 0 aliphatic carbocycles. The van der Waals surface area contributed by atoms with E-state index >= 15 is 0 Å². The molecule has 2 rings (SSSR count). The third kappa shape index (κ3) is 4.06. The van der Waals surface area contributed by atoms with Crippen LogP contribution in [0.15, 0.2) is 36.4 Å². The van der Waals surface area contributed by atoms with Crippen molar-refractivity contribution in [3.63, 3.8) is 0 Å². The fourth-order valence-corrected chi connectivity index (χ4v) is 2.62. The lowest BCUT2D eigenvalue weighted by Crippen LogP contribution is -2.15. The standard InChI is InChI=1S/C18H19NO6/c1-11-4-6-12(7-5-11)14(18(20)21)8-13-9-15(19(22)23)17(25-3)10-16(13)24-2/h4-7,9-10,14H,8H2,1-3H3,(H,20,21). The Labute approximate surface area is 145 Å². The molecule has 132 valence electrons. The lowest BCUT2D eigenvalue weighted by atomic mass is 9.91. The van der Waals surface area contributed by atoms with Crippen molar-refractivity contribution in [3.8, 4) is 11.5 Å². The monoisotopic (exact) mass is 345 g/mol. The van der Waals surface area contributed by atoms with Gasteiger partial charge in [-0.25, -0.2) is 0 Å². The highest BCUT2D eigenvalue weighted by Crippen LogP contribution is 2.36. The van der Waals surface area contributed by atoms with Crippen LogP contribution in [0.1, 0.15) is 22.6 Å². The van der Waals surface area contributed by atoms with E-state index in [-0.39, 0.29) is 17.9 Å². The second kappa shape index (κ2) is 7.65. The summed E-state index contributed by atoms with van der Waals surface area (Å²) in [5.74, 6) is -1.44. The van der Waals surface area contributed by atoms with Gasteiger partial charge in [-0.1, -0.05) is 29.8 Å².